The van der Waals surface area contributed by atoms with E-state index in [9.17, 15) is 19.5 Å². The van der Waals surface area contributed by atoms with Crippen molar-refractivity contribution in [2.75, 3.05) is 0 Å². The average Bonchev–Trinajstić information content (AvgIpc) is 2.74. The number of rotatable bonds is 1. The van der Waals surface area contributed by atoms with Crippen molar-refractivity contribution in [1.29, 1.82) is 0 Å². The van der Waals surface area contributed by atoms with Gasteiger partial charge in [-0.05, 0) is 97.7 Å². The molecule has 4 heteroatoms. The van der Waals surface area contributed by atoms with E-state index in [4.69, 9.17) is 0 Å². The van der Waals surface area contributed by atoms with Gasteiger partial charge < -0.3 is 5.11 Å². The smallest absolute Gasteiger partial charge is 0.309 e. The van der Waals surface area contributed by atoms with Gasteiger partial charge in [-0.1, -0.05) is 53.2 Å². The lowest BCUT2D eigenvalue weighted by atomic mass is 9.33. The molecular weight excluding hydrogens is 424 g/mol. The maximum absolute atomic E-state index is 13.0. The molecule has 0 heterocycles. The molecule has 34 heavy (non-hydrogen) atoms. The summed E-state index contributed by atoms with van der Waals surface area (Å²) in [7, 11) is 0. The predicted octanol–water partition coefficient (Wildman–Crippen LogP) is 6.62. The fourth-order valence-corrected chi connectivity index (χ4v) is 10.3. The maximum atomic E-state index is 13.0. The Morgan fingerprint density at radius 1 is 0.912 bits per heavy atom. The van der Waals surface area contributed by atoms with Crippen LogP contribution in [0.2, 0.25) is 0 Å². The molecule has 1 N–H and O–H groups in total. The molecule has 5 aliphatic rings. The number of hydrogen-bond acceptors (Lipinski definition) is 3. The molecule has 0 aromatic heterocycles. The number of carboxylic acids is 1. The van der Waals surface area contributed by atoms with Crippen LogP contribution in [0.5, 0.6) is 0 Å². The van der Waals surface area contributed by atoms with Gasteiger partial charge in [0.2, 0.25) is 5.78 Å². The lowest BCUT2D eigenvalue weighted by Gasteiger charge is -2.70. The quantitative estimate of drug-likeness (QED) is 0.347. The molecule has 4 saturated carbocycles. The first kappa shape index (κ1) is 24.3. The summed E-state index contributed by atoms with van der Waals surface area (Å²) < 4.78 is 0. The van der Waals surface area contributed by atoms with Crippen LogP contribution in [0.25, 0.3) is 0 Å². The number of ketones is 2. The molecule has 4 fully saturated rings. The van der Waals surface area contributed by atoms with Crippen LogP contribution in [-0.2, 0) is 14.4 Å². The van der Waals surface area contributed by atoms with E-state index in [1.807, 2.05) is 20.8 Å². The molecule has 0 saturated heterocycles. The molecule has 5 rings (SSSR count). The third kappa shape index (κ3) is 2.75. The first-order chi connectivity index (χ1) is 15.6. The minimum Gasteiger partial charge on any atom is -0.481 e. The minimum atomic E-state index is -0.650. The molecule has 8 atom stereocenters. The lowest BCUT2D eigenvalue weighted by molar-refractivity contribution is -0.187. The molecule has 5 aliphatic carbocycles. The van der Waals surface area contributed by atoms with E-state index >= 15 is 0 Å². The van der Waals surface area contributed by atoms with Gasteiger partial charge >= 0.3 is 5.97 Å². The Kier molecular flexibility index (Phi) is 4.89. The molecule has 0 amide bonds. The minimum absolute atomic E-state index is 0.0134. The molecule has 0 aromatic carbocycles. The molecule has 4 nitrogen and oxygen atoms in total. The van der Waals surface area contributed by atoms with Crippen molar-refractivity contribution in [2.45, 2.75) is 106 Å². The Labute approximate surface area is 205 Å². The number of carbonyl (C=O) groups excluding carboxylic acids is 2. The van der Waals surface area contributed by atoms with Crippen LogP contribution >= 0.6 is 0 Å². The van der Waals surface area contributed by atoms with Gasteiger partial charge in [0.25, 0.3) is 0 Å². The topological polar surface area (TPSA) is 71.4 Å². The van der Waals surface area contributed by atoms with Crippen LogP contribution in [0.15, 0.2) is 11.6 Å². The van der Waals surface area contributed by atoms with Gasteiger partial charge in [-0.15, -0.1) is 0 Å². The van der Waals surface area contributed by atoms with Crippen molar-refractivity contribution in [3.63, 3.8) is 0 Å². The van der Waals surface area contributed by atoms with Crippen molar-refractivity contribution in [2.24, 2.45) is 50.2 Å². The normalized spacial score (nSPS) is 52.0. The third-order valence-electron chi connectivity index (χ3n) is 12.9. The molecule has 0 spiro atoms. The summed E-state index contributed by atoms with van der Waals surface area (Å²) in [5.41, 5.74) is 0.359. The molecule has 2 unspecified atom stereocenters. The van der Waals surface area contributed by atoms with E-state index in [0.717, 1.165) is 51.4 Å². The zero-order chi connectivity index (χ0) is 25.1. The summed E-state index contributed by atoms with van der Waals surface area (Å²) in [5.74, 6) is -0.0734. The Bertz CT molecular complexity index is 1010. The molecule has 0 aromatic rings. The standard InChI is InChI=1S/C30H44O4/c1-25(2)21-10-11-30(7)22(28(21,5)17-20(31)23(25)32)9-8-18-19-16-27(4,24(33)34)13-12-26(19,3)14-15-29(18,30)6/h8,19,21-22H,9-17H2,1-7H3,(H,33,34)/t19-,21?,22-,26-,27?,28+,29-,30-/m1/s1. The number of carbonyl (C=O) groups is 3. The molecular formula is C30H44O4. The largest absolute Gasteiger partial charge is 0.481 e. The Morgan fingerprint density at radius 3 is 2.21 bits per heavy atom. The van der Waals surface area contributed by atoms with E-state index in [2.05, 4.69) is 33.8 Å². The predicted molar refractivity (Wildman–Crippen MR) is 132 cm³/mol. The zero-order valence-corrected chi connectivity index (χ0v) is 22.3. The summed E-state index contributed by atoms with van der Waals surface area (Å²) in [6.07, 6.45) is 10.7. The zero-order valence-electron chi connectivity index (χ0n) is 22.3. The van der Waals surface area contributed by atoms with Gasteiger partial charge in [0.1, 0.15) is 0 Å². The summed E-state index contributed by atoms with van der Waals surface area (Å²) in [6.45, 7) is 15.6. The average molecular weight is 469 g/mol. The number of Topliss-reactive ketones (excluding diaryl/α,β-unsaturated/α-hetero) is 2. The van der Waals surface area contributed by atoms with Crippen molar-refractivity contribution in [3.8, 4) is 0 Å². The van der Waals surface area contributed by atoms with Crippen LogP contribution in [0.4, 0.5) is 0 Å². The van der Waals surface area contributed by atoms with E-state index in [1.165, 1.54) is 5.57 Å². The number of aliphatic carboxylic acids is 1. The molecule has 188 valence electrons. The highest BCUT2D eigenvalue weighted by atomic mass is 16.4. The van der Waals surface area contributed by atoms with E-state index < -0.39 is 16.8 Å². The molecule has 0 radical (unpaired) electrons. The number of allylic oxidation sites excluding steroid dienone is 2. The first-order valence-electron chi connectivity index (χ1n) is 13.6. The highest BCUT2D eigenvalue weighted by molar-refractivity contribution is 6.39. The van der Waals surface area contributed by atoms with E-state index in [0.29, 0.717) is 18.3 Å². The second-order valence-electron chi connectivity index (χ2n) is 14.7. The second kappa shape index (κ2) is 6.85. The second-order valence-corrected chi connectivity index (χ2v) is 14.7. The van der Waals surface area contributed by atoms with Gasteiger partial charge in [-0.2, -0.15) is 0 Å². The van der Waals surface area contributed by atoms with Gasteiger partial charge in [-0.25, -0.2) is 0 Å². The summed E-state index contributed by atoms with van der Waals surface area (Å²) in [5, 5.41) is 10.0. The number of fused-ring (bicyclic) bond motifs is 7. The Hall–Kier alpha value is -1.45. The van der Waals surface area contributed by atoms with E-state index in [1.54, 1.807) is 0 Å². The van der Waals surface area contributed by atoms with Gasteiger partial charge in [0.05, 0.1) is 5.41 Å². The van der Waals surface area contributed by atoms with Gasteiger partial charge in [0.15, 0.2) is 5.78 Å². The lowest BCUT2D eigenvalue weighted by Crippen LogP contribution is -2.65. The highest BCUT2D eigenvalue weighted by Gasteiger charge is 2.69. The highest BCUT2D eigenvalue weighted by Crippen LogP contribution is 2.75. The monoisotopic (exact) mass is 468 g/mol. The van der Waals surface area contributed by atoms with Crippen LogP contribution in [-0.4, -0.2) is 22.6 Å². The van der Waals surface area contributed by atoms with Crippen LogP contribution < -0.4 is 0 Å². The molecule has 0 aliphatic heterocycles. The first-order valence-corrected chi connectivity index (χ1v) is 13.6. The SMILES string of the molecule is CC1(C(=O)O)CC[C@]2(C)CC[C@]3(C)C(=CC[C@@H]4[C@@]5(C)CC(=O)C(=O)C(C)(C)C5CC[C@]43C)[C@H]2C1. The fraction of sp³-hybridized carbons (Fsp3) is 0.833. The Morgan fingerprint density at radius 2 is 1.56 bits per heavy atom. The van der Waals surface area contributed by atoms with Crippen LogP contribution in [0, 0.1) is 50.2 Å². The fourth-order valence-electron chi connectivity index (χ4n) is 10.3. The maximum Gasteiger partial charge on any atom is 0.309 e. The van der Waals surface area contributed by atoms with Gasteiger partial charge in [-0.3, -0.25) is 14.4 Å². The van der Waals surface area contributed by atoms with E-state index in [-0.39, 0.29) is 39.1 Å². The van der Waals surface area contributed by atoms with Crippen LogP contribution in [0.3, 0.4) is 0 Å². The van der Waals surface area contributed by atoms with Crippen molar-refractivity contribution < 1.29 is 19.5 Å². The summed E-state index contributed by atoms with van der Waals surface area (Å²) >= 11 is 0. The summed E-state index contributed by atoms with van der Waals surface area (Å²) in [4.78, 5) is 38.1. The molecule has 0 bridgehead atoms. The number of carboxylic acid groups (broad SMARTS) is 1. The third-order valence-corrected chi connectivity index (χ3v) is 12.9. The van der Waals surface area contributed by atoms with Crippen molar-refractivity contribution in [1.82, 2.24) is 0 Å². The van der Waals surface area contributed by atoms with Crippen LogP contribution in [0.1, 0.15) is 106 Å². The Balaban J connectivity index is 1.59. The van der Waals surface area contributed by atoms with Crippen molar-refractivity contribution >= 4 is 17.5 Å². The summed E-state index contributed by atoms with van der Waals surface area (Å²) in [6, 6.07) is 0. The van der Waals surface area contributed by atoms with Gasteiger partial charge in [0, 0.05) is 11.8 Å². The number of hydrogen-bond donors (Lipinski definition) is 1. The van der Waals surface area contributed by atoms with Crippen molar-refractivity contribution in [3.05, 3.63) is 11.6 Å².